The van der Waals surface area contributed by atoms with Gasteiger partial charge >= 0.3 is 0 Å². The van der Waals surface area contributed by atoms with Gasteiger partial charge in [-0.2, -0.15) is 0 Å². The van der Waals surface area contributed by atoms with Gasteiger partial charge in [-0.05, 0) is 24.6 Å². The summed E-state index contributed by atoms with van der Waals surface area (Å²) in [5.74, 6) is 1.09. The predicted molar refractivity (Wildman–Crippen MR) is 87.5 cm³/mol. The van der Waals surface area contributed by atoms with Crippen LogP contribution in [0.2, 0.25) is 0 Å². The Kier molecular flexibility index (Phi) is 3.86. The summed E-state index contributed by atoms with van der Waals surface area (Å²) in [6.07, 6.45) is 1.77. The van der Waals surface area contributed by atoms with Crippen LogP contribution in [0.3, 0.4) is 0 Å². The minimum absolute atomic E-state index is 0.0196. The van der Waals surface area contributed by atoms with Gasteiger partial charge in [-0.25, -0.2) is 15.0 Å². The summed E-state index contributed by atoms with van der Waals surface area (Å²) in [6.45, 7) is 6.18. The molecule has 0 fully saturated rings. The molecule has 2 aromatic heterocycles. The van der Waals surface area contributed by atoms with Gasteiger partial charge in [-0.3, -0.25) is 0 Å². The van der Waals surface area contributed by atoms with Gasteiger partial charge in [0.2, 0.25) is 0 Å². The molecule has 4 nitrogen and oxygen atoms in total. The van der Waals surface area contributed by atoms with E-state index in [1.54, 1.807) is 6.20 Å². The fraction of sp³-hybridized carbons (Fsp3) is 0.278. The van der Waals surface area contributed by atoms with Crippen LogP contribution in [0.15, 0.2) is 36.5 Å². The molecule has 3 rings (SSSR count). The molecule has 0 amide bonds. The van der Waals surface area contributed by atoms with Gasteiger partial charge in [0.15, 0.2) is 0 Å². The molecule has 22 heavy (non-hydrogen) atoms. The number of hydrogen-bond donors (Lipinski definition) is 1. The summed E-state index contributed by atoms with van der Waals surface area (Å²) >= 11 is 0. The van der Waals surface area contributed by atoms with Gasteiger partial charge in [-0.15, -0.1) is 0 Å². The van der Waals surface area contributed by atoms with Crippen LogP contribution in [0.4, 0.5) is 0 Å². The number of aromatic nitrogens is 3. The Labute approximate surface area is 129 Å². The Hall–Kier alpha value is -2.33. The lowest BCUT2D eigenvalue weighted by Gasteiger charge is -2.10. The number of rotatable bonds is 3. The third-order valence-electron chi connectivity index (χ3n) is 3.75. The summed E-state index contributed by atoms with van der Waals surface area (Å²) in [5.41, 5.74) is 4.43. The lowest BCUT2D eigenvalue weighted by molar-refractivity contribution is 0.283. The van der Waals surface area contributed by atoms with E-state index in [4.69, 9.17) is 4.98 Å². The first kappa shape index (κ1) is 14.6. The van der Waals surface area contributed by atoms with E-state index in [-0.39, 0.29) is 12.5 Å². The molecule has 1 N–H and O–H groups in total. The minimum atomic E-state index is -0.0196. The molecule has 0 atom stereocenters. The van der Waals surface area contributed by atoms with Crippen molar-refractivity contribution in [1.29, 1.82) is 0 Å². The number of nitrogens with zero attached hydrogens (tertiary/aromatic N) is 3. The van der Waals surface area contributed by atoms with Crippen molar-refractivity contribution in [2.24, 2.45) is 0 Å². The van der Waals surface area contributed by atoms with Crippen molar-refractivity contribution in [3.8, 4) is 11.4 Å². The maximum atomic E-state index is 9.54. The molecule has 0 aliphatic rings. The van der Waals surface area contributed by atoms with Crippen molar-refractivity contribution in [2.45, 2.75) is 33.3 Å². The van der Waals surface area contributed by atoms with E-state index in [0.29, 0.717) is 0 Å². The average Bonchev–Trinajstić information content (AvgIpc) is 2.54. The smallest absolute Gasteiger partial charge is 0.131 e. The largest absolute Gasteiger partial charge is 0.392 e. The highest BCUT2D eigenvalue weighted by Crippen LogP contribution is 2.26. The van der Waals surface area contributed by atoms with E-state index in [9.17, 15) is 5.11 Å². The molecule has 0 saturated carbocycles. The second-order valence-electron chi connectivity index (χ2n) is 5.75. The van der Waals surface area contributed by atoms with Crippen molar-refractivity contribution in [1.82, 2.24) is 15.0 Å². The molecule has 0 aliphatic carbocycles. The zero-order chi connectivity index (χ0) is 15.7. The van der Waals surface area contributed by atoms with Gasteiger partial charge in [0.1, 0.15) is 5.82 Å². The van der Waals surface area contributed by atoms with Crippen LogP contribution in [0.5, 0.6) is 0 Å². The first-order valence-electron chi connectivity index (χ1n) is 7.43. The number of fused-ring (bicyclic) bond motifs is 1. The van der Waals surface area contributed by atoms with Gasteiger partial charge in [0.05, 0.1) is 23.5 Å². The first-order valence-corrected chi connectivity index (χ1v) is 7.43. The van der Waals surface area contributed by atoms with Crippen LogP contribution in [0.25, 0.3) is 22.3 Å². The molecule has 2 heterocycles. The molecule has 0 spiro atoms. The number of aliphatic hydroxyl groups excluding tert-OH is 1. The third kappa shape index (κ3) is 2.57. The molecular formula is C18H19N3O. The Morgan fingerprint density at radius 1 is 1.09 bits per heavy atom. The molecule has 0 radical (unpaired) electrons. The predicted octanol–water partition coefficient (Wildman–Crippen LogP) is 3.62. The third-order valence-corrected chi connectivity index (χ3v) is 3.75. The summed E-state index contributed by atoms with van der Waals surface area (Å²) < 4.78 is 0. The Balaban J connectivity index is 2.21. The van der Waals surface area contributed by atoms with Crippen LogP contribution >= 0.6 is 0 Å². The number of hydrogen-bond acceptors (Lipinski definition) is 4. The summed E-state index contributed by atoms with van der Waals surface area (Å²) in [5, 5.41) is 10.6. The monoisotopic (exact) mass is 293 g/mol. The zero-order valence-corrected chi connectivity index (χ0v) is 13.0. The summed E-state index contributed by atoms with van der Waals surface area (Å²) in [7, 11) is 0. The number of para-hydroxylation sites is 1. The van der Waals surface area contributed by atoms with Crippen molar-refractivity contribution in [3.63, 3.8) is 0 Å². The van der Waals surface area contributed by atoms with E-state index in [2.05, 4.69) is 30.7 Å². The van der Waals surface area contributed by atoms with Gasteiger partial charge < -0.3 is 5.11 Å². The lowest BCUT2D eigenvalue weighted by Crippen LogP contribution is -2.00. The first-order chi connectivity index (χ1) is 10.6. The van der Waals surface area contributed by atoms with E-state index in [1.165, 1.54) is 0 Å². The van der Waals surface area contributed by atoms with Crippen LogP contribution in [-0.4, -0.2) is 20.1 Å². The van der Waals surface area contributed by atoms with Crippen molar-refractivity contribution in [3.05, 3.63) is 53.5 Å². The second kappa shape index (κ2) is 5.81. The van der Waals surface area contributed by atoms with Crippen LogP contribution in [-0.2, 0) is 6.61 Å². The molecular weight excluding hydrogens is 274 g/mol. The van der Waals surface area contributed by atoms with E-state index < -0.39 is 0 Å². The molecule has 0 unspecified atom stereocenters. The fourth-order valence-electron chi connectivity index (χ4n) is 2.53. The van der Waals surface area contributed by atoms with Gasteiger partial charge in [0.25, 0.3) is 0 Å². The quantitative estimate of drug-likeness (QED) is 0.801. The summed E-state index contributed by atoms with van der Waals surface area (Å²) in [6, 6.07) is 9.79. The topological polar surface area (TPSA) is 58.9 Å². The number of aliphatic hydroxyl groups is 1. The van der Waals surface area contributed by atoms with Crippen LogP contribution in [0.1, 0.15) is 36.7 Å². The van der Waals surface area contributed by atoms with Crippen molar-refractivity contribution in [2.75, 3.05) is 0 Å². The zero-order valence-electron chi connectivity index (χ0n) is 13.0. The molecule has 4 heteroatoms. The number of benzene rings is 1. The second-order valence-corrected chi connectivity index (χ2v) is 5.75. The molecule has 3 aromatic rings. The SMILES string of the molecule is Cc1cc(-c2ccnc(C(C)C)n2)nc2c(CO)cccc12. The van der Waals surface area contributed by atoms with E-state index >= 15 is 0 Å². The molecule has 112 valence electrons. The highest BCUT2D eigenvalue weighted by atomic mass is 16.3. The Morgan fingerprint density at radius 2 is 1.91 bits per heavy atom. The average molecular weight is 293 g/mol. The fourth-order valence-corrected chi connectivity index (χ4v) is 2.53. The molecule has 1 aromatic carbocycles. The molecule has 0 saturated heterocycles. The highest BCUT2D eigenvalue weighted by Gasteiger charge is 2.11. The van der Waals surface area contributed by atoms with Crippen molar-refractivity contribution < 1.29 is 5.11 Å². The maximum Gasteiger partial charge on any atom is 0.131 e. The van der Waals surface area contributed by atoms with E-state index in [0.717, 1.165) is 39.2 Å². The molecule has 0 bridgehead atoms. The van der Waals surface area contributed by atoms with Crippen LogP contribution < -0.4 is 0 Å². The lowest BCUT2D eigenvalue weighted by atomic mass is 10.0. The Bertz CT molecular complexity index is 828. The number of aryl methyl sites for hydroxylation is 1. The normalized spacial score (nSPS) is 11.3. The van der Waals surface area contributed by atoms with Gasteiger partial charge in [0, 0.05) is 23.1 Å². The molecule has 0 aliphatic heterocycles. The number of pyridine rings is 1. The van der Waals surface area contributed by atoms with Crippen LogP contribution in [0, 0.1) is 6.92 Å². The Morgan fingerprint density at radius 3 is 2.64 bits per heavy atom. The highest BCUT2D eigenvalue weighted by molar-refractivity contribution is 5.87. The summed E-state index contributed by atoms with van der Waals surface area (Å²) in [4.78, 5) is 13.6. The maximum absolute atomic E-state index is 9.54. The van der Waals surface area contributed by atoms with Gasteiger partial charge in [-0.1, -0.05) is 32.0 Å². The standard InChI is InChI=1S/C18H19N3O/c1-11(2)18-19-8-7-15(21-18)16-9-12(3)14-6-4-5-13(10-22)17(14)20-16/h4-9,11,22H,10H2,1-3H3. The minimum Gasteiger partial charge on any atom is -0.392 e. The van der Waals surface area contributed by atoms with E-state index in [1.807, 2.05) is 30.3 Å². The van der Waals surface area contributed by atoms with Crippen molar-refractivity contribution >= 4 is 10.9 Å².